The molecule has 2 unspecified atom stereocenters. The minimum absolute atomic E-state index is 0.210. The van der Waals surface area contributed by atoms with Crippen LogP contribution in [0.4, 0.5) is 9.18 Å². The van der Waals surface area contributed by atoms with E-state index in [1.165, 1.54) is 41.9 Å². The van der Waals surface area contributed by atoms with Crippen molar-refractivity contribution >= 4 is 27.6 Å². The topological polar surface area (TPSA) is 80.5 Å². The molecule has 31 heavy (non-hydrogen) atoms. The molecule has 2 aromatic carbocycles. The lowest BCUT2D eigenvalue weighted by Gasteiger charge is -2.39. The van der Waals surface area contributed by atoms with Crippen LogP contribution in [0.5, 0.6) is 10.9 Å². The number of hydrogen-bond acceptors (Lipinski definition) is 5. The standard InChI is InChI=1S/C23H25FN4O2S/c24-15-3-8-21-20(11-15)27-23(31-21)30-19-6-1-14(2-7-19)9-10-28-17-4-5-18(28)13-16(12-17)26-22(25)29/h1-3,6-8,11,16-18H,4-5,9-10,12-13H2,(H3,25,26,29). The molecule has 162 valence electrons. The summed E-state index contributed by atoms with van der Waals surface area (Å²) >= 11 is 1.40. The first-order chi connectivity index (χ1) is 15.0. The van der Waals surface area contributed by atoms with Crippen molar-refractivity contribution in [3.8, 4) is 10.9 Å². The summed E-state index contributed by atoms with van der Waals surface area (Å²) in [6, 6.07) is 13.5. The summed E-state index contributed by atoms with van der Waals surface area (Å²) in [6.45, 7) is 1.02. The molecule has 5 rings (SSSR count). The quantitative estimate of drug-likeness (QED) is 0.594. The Morgan fingerprint density at radius 1 is 1.19 bits per heavy atom. The first kappa shape index (κ1) is 20.2. The van der Waals surface area contributed by atoms with E-state index in [2.05, 4.69) is 27.3 Å². The molecule has 2 fully saturated rings. The summed E-state index contributed by atoms with van der Waals surface area (Å²) in [5, 5.41) is 3.40. The van der Waals surface area contributed by atoms with Gasteiger partial charge in [-0.3, -0.25) is 4.90 Å². The predicted molar refractivity (Wildman–Crippen MR) is 119 cm³/mol. The van der Waals surface area contributed by atoms with E-state index in [1.807, 2.05) is 12.1 Å². The maximum absolute atomic E-state index is 13.3. The van der Waals surface area contributed by atoms with Crippen LogP contribution in [0.15, 0.2) is 42.5 Å². The molecule has 2 aliphatic rings. The molecule has 2 saturated heterocycles. The van der Waals surface area contributed by atoms with Gasteiger partial charge in [0.1, 0.15) is 11.6 Å². The van der Waals surface area contributed by atoms with Crippen molar-refractivity contribution in [3.63, 3.8) is 0 Å². The van der Waals surface area contributed by atoms with E-state index in [1.54, 1.807) is 6.07 Å². The molecule has 1 aromatic heterocycles. The van der Waals surface area contributed by atoms with Crippen LogP contribution in [-0.2, 0) is 6.42 Å². The van der Waals surface area contributed by atoms with Crippen molar-refractivity contribution in [1.29, 1.82) is 0 Å². The highest BCUT2D eigenvalue weighted by Gasteiger charge is 2.40. The molecule has 3 N–H and O–H groups in total. The Kier molecular flexibility index (Phi) is 5.50. The van der Waals surface area contributed by atoms with E-state index in [-0.39, 0.29) is 11.9 Å². The molecule has 3 aromatic rings. The first-order valence-corrected chi connectivity index (χ1v) is 11.5. The molecule has 8 heteroatoms. The number of thiazole rings is 1. The number of nitrogens with two attached hydrogens (primary N) is 1. The maximum Gasteiger partial charge on any atom is 0.312 e. The van der Waals surface area contributed by atoms with E-state index >= 15 is 0 Å². The zero-order valence-electron chi connectivity index (χ0n) is 17.1. The van der Waals surface area contributed by atoms with Crippen LogP contribution < -0.4 is 15.8 Å². The number of nitrogens with zero attached hydrogens (tertiary/aromatic N) is 2. The highest BCUT2D eigenvalue weighted by molar-refractivity contribution is 7.20. The second-order valence-electron chi connectivity index (χ2n) is 8.39. The van der Waals surface area contributed by atoms with Gasteiger partial charge in [-0.05, 0) is 61.9 Å². The number of hydrogen-bond donors (Lipinski definition) is 2. The van der Waals surface area contributed by atoms with Crippen LogP contribution >= 0.6 is 11.3 Å². The average Bonchev–Trinajstić information content (AvgIpc) is 3.23. The van der Waals surface area contributed by atoms with Gasteiger partial charge in [0.25, 0.3) is 5.19 Å². The third kappa shape index (κ3) is 4.50. The predicted octanol–water partition coefficient (Wildman–Crippen LogP) is 4.43. The van der Waals surface area contributed by atoms with E-state index in [4.69, 9.17) is 10.5 Å². The number of benzene rings is 2. The number of urea groups is 1. The highest BCUT2D eigenvalue weighted by Crippen LogP contribution is 2.36. The Labute approximate surface area is 184 Å². The van der Waals surface area contributed by atoms with Gasteiger partial charge in [-0.15, -0.1) is 0 Å². The summed E-state index contributed by atoms with van der Waals surface area (Å²) in [5.41, 5.74) is 7.17. The van der Waals surface area contributed by atoms with Gasteiger partial charge in [0.05, 0.1) is 10.2 Å². The van der Waals surface area contributed by atoms with E-state index in [9.17, 15) is 9.18 Å². The molecule has 0 aliphatic carbocycles. The number of piperidine rings is 1. The van der Waals surface area contributed by atoms with Crippen molar-refractivity contribution in [2.45, 2.75) is 50.2 Å². The Bertz CT molecular complexity index is 1070. The number of halogens is 1. The van der Waals surface area contributed by atoms with Crippen LogP contribution in [0.3, 0.4) is 0 Å². The Morgan fingerprint density at radius 2 is 1.94 bits per heavy atom. The van der Waals surface area contributed by atoms with Crippen molar-refractivity contribution in [2.24, 2.45) is 5.73 Å². The SMILES string of the molecule is NC(=O)NC1CC2CCC(C1)N2CCc1ccc(Oc2nc3cc(F)ccc3s2)cc1. The summed E-state index contributed by atoms with van der Waals surface area (Å²) < 4.78 is 20.1. The third-order valence-corrected chi connectivity index (χ3v) is 7.26. The minimum Gasteiger partial charge on any atom is -0.431 e. The molecule has 0 radical (unpaired) electrons. The number of primary amides is 1. The number of aromatic nitrogens is 1. The van der Waals surface area contributed by atoms with E-state index in [0.717, 1.165) is 36.3 Å². The smallest absolute Gasteiger partial charge is 0.312 e. The number of nitrogens with one attached hydrogen (secondary N) is 1. The number of rotatable bonds is 6. The molecular formula is C23H25FN4O2S. The third-order valence-electron chi connectivity index (χ3n) is 6.35. The van der Waals surface area contributed by atoms with Crippen LogP contribution in [0.2, 0.25) is 0 Å². The number of amides is 2. The van der Waals surface area contributed by atoms with Crippen LogP contribution in [0.25, 0.3) is 10.2 Å². The lowest BCUT2D eigenvalue weighted by atomic mass is 9.96. The van der Waals surface area contributed by atoms with Crippen molar-refractivity contribution in [1.82, 2.24) is 15.2 Å². The average molecular weight is 441 g/mol. The number of carbonyl (C=O) groups excluding carboxylic acids is 1. The Hall–Kier alpha value is -2.71. The van der Waals surface area contributed by atoms with Gasteiger partial charge in [-0.1, -0.05) is 23.5 Å². The van der Waals surface area contributed by atoms with Gasteiger partial charge in [0.2, 0.25) is 0 Å². The lowest BCUT2D eigenvalue weighted by Crippen LogP contribution is -2.51. The number of ether oxygens (including phenoxy) is 1. The van der Waals surface area contributed by atoms with Crippen molar-refractivity contribution < 1.29 is 13.9 Å². The summed E-state index contributed by atoms with van der Waals surface area (Å²) in [5.74, 6) is 0.428. The second kappa shape index (κ2) is 8.43. The van der Waals surface area contributed by atoms with E-state index < -0.39 is 6.03 Å². The molecule has 0 saturated carbocycles. The summed E-state index contributed by atoms with van der Waals surface area (Å²) in [4.78, 5) is 18.1. The zero-order chi connectivity index (χ0) is 21.4. The van der Waals surface area contributed by atoms with Crippen LogP contribution in [0.1, 0.15) is 31.2 Å². The molecule has 2 atom stereocenters. The molecule has 0 spiro atoms. The maximum atomic E-state index is 13.3. The fourth-order valence-electron chi connectivity index (χ4n) is 4.96. The molecular weight excluding hydrogens is 415 g/mol. The first-order valence-electron chi connectivity index (χ1n) is 10.7. The zero-order valence-corrected chi connectivity index (χ0v) is 17.9. The Balaban J connectivity index is 1.17. The van der Waals surface area contributed by atoms with Gasteiger partial charge in [-0.2, -0.15) is 0 Å². The molecule has 6 nitrogen and oxygen atoms in total. The minimum atomic E-state index is -0.418. The Morgan fingerprint density at radius 3 is 2.65 bits per heavy atom. The van der Waals surface area contributed by atoms with Gasteiger partial charge in [-0.25, -0.2) is 14.2 Å². The number of fused-ring (bicyclic) bond motifs is 3. The summed E-state index contributed by atoms with van der Waals surface area (Å²) in [6.07, 6.45) is 5.33. The van der Waals surface area contributed by atoms with Crippen LogP contribution in [0, 0.1) is 5.82 Å². The van der Waals surface area contributed by atoms with Gasteiger partial charge in [0.15, 0.2) is 0 Å². The second-order valence-corrected chi connectivity index (χ2v) is 9.38. The molecule has 3 heterocycles. The lowest BCUT2D eigenvalue weighted by molar-refractivity contribution is 0.121. The summed E-state index contributed by atoms with van der Waals surface area (Å²) in [7, 11) is 0. The monoisotopic (exact) mass is 440 g/mol. The van der Waals surface area contributed by atoms with Crippen LogP contribution in [-0.4, -0.2) is 40.6 Å². The molecule has 2 aliphatic heterocycles. The van der Waals surface area contributed by atoms with Crippen molar-refractivity contribution in [3.05, 3.63) is 53.8 Å². The largest absolute Gasteiger partial charge is 0.431 e. The van der Waals surface area contributed by atoms with Gasteiger partial charge >= 0.3 is 6.03 Å². The van der Waals surface area contributed by atoms with E-state index in [0.29, 0.717) is 22.8 Å². The van der Waals surface area contributed by atoms with Gasteiger partial charge in [0, 0.05) is 30.7 Å². The normalized spacial score (nSPS) is 23.2. The fraction of sp³-hybridized carbons (Fsp3) is 0.391. The molecule has 2 amide bonds. The van der Waals surface area contributed by atoms with Gasteiger partial charge < -0.3 is 15.8 Å². The highest BCUT2D eigenvalue weighted by atomic mass is 32.1. The van der Waals surface area contributed by atoms with Crippen molar-refractivity contribution in [2.75, 3.05) is 6.54 Å². The fourth-order valence-corrected chi connectivity index (χ4v) is 5.78. The number of carbonyl (C=O) groups is 1. The molecule has 2 bridgehead atoms.